The molecule has 4 rings (SSSR count). The van der Waals surface area contributed by atoms with Crippen LogP contribution in [0.15, 0.2) is 58.2 Å². The van der Waals surface area contributed by atoms with Crippen molar-refractivity contribution < 1.29 is 13.7 Å². The molecule has 4 aromatic rings. The van der Waals surface area contributed by atoms with Crippen molar-refractivity contribution in [2.75, 3.05) is 11.1 Å². The molecule has 0 aliphatic carbocycles. The molecular formula is C21H19FN6O2S. The Bertz CT molecular complexity index is 1220. The van der Waals surface area contributed by atoms with Gasteiger partial charge in [-0.15, -0.1) is 10.2 Å². The van der Waals surface area contributed by atoms with E-state index in [4.69, 9.17) is 4.52 Å². The number of nitrogens with one attached hydrogen (secondary N) is 1. The second-order valence-electron chi connectivity index (χ2n) is 6.69. The van der Waals surface area contributed by atoms with Crippen molar-refractivity contribution in [3.05, 3.63) is 59.9 Å². The van der Waals surface area contributed by atoms with Gasteiger partial charge in [-0.05, 0) is 38.1 Å². The Balaban J connectivity index is 1.47. The molecule has 0 spiro atoms. The third kappa shape index (κ3) is 4.80. The smallest absolute Gasteiger partial charge is 0.296 e. The summed E-state index contributed by atoms with van der Waals surface area (Å²) in [5.74, 6) is 0.553. The average Bonchev–Trinajstić information content (AvgIpc) is 3.39. The van der Waals surface area contributed by atoms with Crippen LogP contribution in [0.25, 0.3) is 23.1 Å². The zero-order valence-electron chi connectivity index (χ0n) is 16.9. The van der Waals surface area contributed by atoms with Gasteiger partial charge in [0, 0.05) is 17.8 Å². The third-order valence-electron chi connectivity index (χ3n) is 4.37. The molecule has 0 aliphatic heterocycles. The van der Waals surface area contributed by atoms with Crippen molar-refractivity contribution in [2.24, 2.45) is 0 Å². The van der Waals surface area contributed by atoms with Gasteiger partial charge >= 0.3 is 0 Å². The van der Waals surface area contributed by atoms with E-state index in [1.54, 1.807) is 10.6 Å². The number of halogens is 1. The molecule has 8 nitrogen and oxygen atoms in total. The number of anilines is 1. The standard InChI is InChI=1S/C21H19FN6O2S/c1-3-28-19(20-24-18(27-30-20)14-7-4-6-13(2)10-14)25-26-21(28)31-12-17(29)23-16-9-5-8-15(22)11-16/h4-11H,3,12H2,1-2H3,(H,23,29). The number of rotatable bonds is 7. The molecule has 2 aromatic heterocycles. The minimum Gasteiger partial charge on any atom is -0.330 e. The number of nitrogens with zero attached hydrogens (tertiary/aromatic N) is 5. The van der Waals surface area contributed by atoms with Crippen LogP contribution in [-0.4, -0.2) is 36.6 Å². The van der Waals surface area contributed by atoms with Crippen LogP contribution >= 0.6 is 11.8 Å². The molecule has 0 atom stereocenters. The summed E-state index contributed by atoms with van der Waals surface area (Å²) in [6.07, 6.45) is 0. The molecule has 0 saturated heterocycles. The van der Waals surface area contributed by atoms with Crippen molar-refractivity contribution in [1.29, 1.82) is 0 Å². The predicted octanol–water partition coefficient (Wildman–Crippen LogP) is 4.19. The maximum atomic E-state index is 13.3. The predicted molar refractivity (Wildman–Crippen MR) is 115 cm³/mol. The SMILES string of the molecule is CCn1c(SCC(=O)Nc2cccc(F)c2)nnc1-c1nc(-c2cccc(C)c2)no1. The van der Waals surface area contributed by atoms with E-state index in [1.165, 1.54) is 30.0 Å². The number of hydrogen-bond acceptors (Lipinski definition) is 7. The average molecular weight is 438 g/mol. The van der Waals surface area contributed by atoms with Gasteiger partial charge in [0.2, 0.25) is 17.6 Å². The first-order chi connectivity index (χ1) is 15.0. The summed E-state index contributed by atoms with van der Waals surface area (Å²) >= 11 is 1.22. The minimum atomic E-state index is -0.412. The molecule has 1 N–H and O–H groups in total. The van der Waals surface area contributed by atoms with Gasteiger partial charge in [-0.3, -0.25) is 9.36 Å². The number of thioether (sulfide) groups is 1. The zero-order chi connectivity index (χ0) is 21.8. The lowest BCUT2D eigenvalue weighted by molar-refractivity contribution is -0.113. The lowest BCUT2D eigenvalue weighted by Gasteiger charge is -2.06. The van der Waals surface area contributed by atoms with E-state index >= 15 is 0 Å². The summed E-state index contributed by atoms with van der Waals surface area (Å²) in [5.41, 5.74) is 2.34. The van der Waals surface area contributed by atoms with Crippen molar-refractivity contribution >= 4 is 23.4 Å². The number of hydrogen-bond donors (Lipinski definition) is 1. The summed E-state index contributed by atoms with van der Waals surface area (Å²) in [7, 11) is 0. The van der Waals surface area contributed by atoms with E-state index in [0.717, 1.165) is 11.1 Å². The fourth-order valence-electron chi connectivity index (χ4n) is 2.95. The van der Waals surface area contributed by atoms with Gasteiger partial charge in [0.25, 0.3) is 5.89 Å². The van der Waals surface area contributed by atoms with Gasteiger partial charge in [0.15, 0.2) is 5.16 Å². The van der Waals surface area contributed by atoms with Crippen LogP contribution in [0.5, 0.6) is 0 Å². The third-order valence-corrected chi connectivity index (χ3v) is 5.33. The highest BCUT2D eigenvalue weighted by molar-refractivity contribution is 7.99. The highest BCUT2D eigenvalue weighted by Crippen LogP contribution is 2.25. The van der Waals surface area contributed by atoms with Crippen LogP contribution in [0, 0.1) is 12.7 Å². The number of benzene rings is 2. The molecule has 158 valence electrons. The molecule has 2 heterocycles. The molecule has 0 bridgehead atoms. The van der Waals surface area contributed by atoms with Crippen molar-refractivity contribution in [3.63, 3.8) is 0 Å². The molecule has 31 heavy (non-hydrogen) atoms. The Hall–Kier alpha value is -3.53. The molecule has 1 amide bonds. The minimum absolute atomic E-state index is 0.0903. The fourth-order valence-corrected chi connectivity index (χ4v) is 3.75. The monoisotopic (exact) mass is 438 g/mol. The van der Waals surface area contributed by atoms with Gasteiger partial charge in [0.05, 0.1) is 5.75 Å². The molecule has 0 aliphatic rings. The van der Waals surface area contributed by atoms with Crippen LogP contribution in [0.1, 0.15) is 12.5 Å². The number of aryl methyl sites for hydroxylation is 1. The molecule has 2 aromatic carbocycles. The normalized spacial score (nSPS) is 10.9. The van der Waals surface area contributed by atoms with E-state index in [9.17, 15) is 9.18 Å². The van der Waals surface area contributed by atoms with E-state index in [0.29, 0.717) is 29.0 Å². The van der Waals surface area contributed by atoms with Crippen LogP contribution in [0.4, 0.5) is 10.1 Å². The van der Waals surface area contributed by atoms with Crippen molar-refractivity contribution in [1.82, 2.24) is 24.9 Å². The second kappa shape index (κ2) is 9.09. The Labute approximate surface area is 181 Å². The van der Waals surface area contributed by atoms with E-state index < -0.39 is 5.82 Å². The molecule has 10 heteroatoms. The quantitative estimate of drug-likeness (QED) is 0.432. The lowest BCUT2D eigenvalue weighted by Crippen LogP contribution is -2.14. The van der Waals surface area contributed by atoms with Crippen LogP contribution in [0.2, 0.25) is 0 Å². The Kier molecular flexibility index (Phi) is 6.08. The number of aromatic nitrogens is 5. The maximum absolute atomic E-state index is 13.3. The van der Waals surface area contributed by atoms with Crippen molar-refractivity contribution in [2.45, 2.75) is 25.5 Å². The summed E-state index contributed by atoms with van der Waals surface area (Å²) < 4.78 is 20.5. The Morgan fingerprint density at radius 3 is 2.81 bits per heavy atom. The largest absolute Gasteiger partial charge is 0.330 e. The summed E-state index contributed by atoms with van der Waals surface area (Å²) in [6.45, 7) is 4.48. The first-order valence-electron chi connectivity index (χ1n) is 9.56. The first kappa shape index (κ1) is 20.7. The van der Waals surface area contributed by atoms with Crippen LogP contribution in [-0.2, 0) is 11.3 Å². The molecule has 0 saturated carbocycles. The van der Waals surface area contributed by atoms with E-state index in [2.05, 4.69) is 25.7 Å². The zero-order valence-corrected chi connectivity index (χ0v) is 17.7. The molecule has 0 fully saturated rings. The summed E-state index contributed by atoms with van der Waals surface area (Å²) in [5, 5.41) is 15.6. The Morgan fingerprint density at radius 1 is 1.19 bits per heavy atom. The first-order valence-corrected chi connectivity index (χ1v) is 10.5. The topological polar surface area (TPSA) is 98.7 Å². The highest BCUT2D eigenvalue weighted by atomic mass is 32.2. The number of carbonyl (C=O) groups excluding carboxylic acids is 1. The molecule has 0 unspecified atom stereocenters. The van der Waals surface area contributed by atoms with Gasteiger partial charge < -0.3 is 9.84 Å². The van der Waals surface area contributed by atoms with Crippen molar-refractivity contribution in [3.8, 4) is 23.1 Å². The Morgan fingerprint density at radius 2 is 2.03 bits per heavy atom. The summed E-state index contributed by atoms with van der Waals surface area (Å²) in [4.78, 5) is 16.7. The van der Waals surface area contributed by atoms with Gasteiger partial charge in [-0.2, -0.15) is 4.98 Å². The highest BCUT2D eigenvalue weighted by Gasteiger charge is 2.20. The van der Waals surface area contributed by atoms with E-state index in [-0.39, 0.29) is 17.6 Å². The molecular weight excluding hydrogens is 419 g/mol. The fraction of sp³-hybridized carbons (Fsp3) is 0.190. The lowest BCUT2D eigenvalue weighted by atomic mass is 10.1. The second-order valence-corrected chi connectivity index (χ2v) is 7.63. The van der Waals surface area contributed by atoms with Crippen LogP contribution < -0.4 is 5.32 Å². The van der Waals surface area contributed by atoms with E-state index in [1.807, 2.05) is 38.1 Å². The summed E-state index contributed by atoms with van der Waals surface area (Å²) in [6, 6.07) is 13.5. The number of amides is 1. The van der Waals surface area contributed by atoms with Gasteiger partial charge in [-0.1, -0.05) is 46.7 Å². The maximum Gasteiger partial charge on any atom is 0.296 e. The van der Waals surface area contributed by atoms with Gasteiger partial charge in [-0.25, -0.2) is 4.39 Å². The van der Waals surface area contributed by atoms with Crippen LogP contribution in [0.3, 0.4) is 0 Å². The molecule has 0 radical (unpaired) electrons. The van der Waals surface area contributed by atoms with Gasteiger partial charge in [0.1, 0.15) is 5.82 Å². The number of carbonyl (C=O) groups is 1.